The van der Waals surface area contributed by atoms with Crippen molar-refractivity contribution in [2.75, 3.05) is 0 Å². The zero-order valence-corrected chi connectivity index (χ0v) is 13.2. The molecule has 0 unspecified atom stereocenters. The molecule has 0 radical (unpaired) electrons. The summed E-state index contributed by atoms with van der Waals surface area (Å²) in [6.07, 6.45) is -1.13. The van der Waals surface area contributed by atoms with E-state index in [4.69, 9.17) is 0 Å². The molecule has 3 aromatic heterocycles. The van der Waals surface area contributed by atoms with E-state index in [1.165, 1.54) is 17.5 Å². The number of hydrogen-bond acceptors (Lipinski definition) is 6. The van der Waals surface area contributed by atoms with Crippen molar-refractivity contribution in [1.82, 2.24) is 19.9 Å². The second-order valence-electron chi connectivity index (χ2n) is 4.89. The summed E-state index contributed by atoms with van der Waals surface area (Å²) in [7, 11) is 0. The van der Waals surface area contributed by atoms with E-state index in [0.29, 0.717) is 23.4 Å². The summed E-state index contributed by atoms with van der Waals surface area (Å²) >= 11 is 1.23. The first kappa shape index (κ1) is 16.4. The Kier molecular flexibility index (Phi) is 4.22. The van der Waals surface area contributed by atoms with Crippen molar-refractivity contribution in [2.45, 2.75) is 26.1 Å². The molecule has 10 heteroatoms. The Morgan fingerprint density at radius 1 is 1.38 bits per heavy atom. The van der Waals surface area contributed by atoms with E-state index in [1.807, 2.05) is 0 Å². The molecule has 0 aliphatic carbocycles. The van der Waals surface area contributed by atoms with E-state index in [9.17, 15) is 18.0 Å². The lowest BCUT2D eigenvalue weighted by atomic mass is 10.2. The van der Waals surface area contributed by atoms with Gasteiger partial charge in [0.25, 0.3) is 0 Å². The number of aromatic nitrogens is 4. The number of Topliss-reactive ketones (excluding diaryl/α,β-unsaturated/α-hetero) is 1. The quantitative estimate of drug-likeness (QED) is 0.653. The third-order valence-electron chi connectivity index (χ3n) is 3.14. The van der Waals surface area contributed by atoms with Gasteiger partial charge in [0.1, 0.15) is 0 Å². The fraction of sp³-hybridized carbons (Fsp3) is 0.286. The maximum atomic E-state index is 12.5. The molecule has 0 spiro atoms. The summed E-state index contributed by atoms with van der Waals surface area (Å²) in [6.45, 7) is 2.16. The Balaban J connectivity index is 1.75. The van der Waals surface area contributed by atoms with Crippen molar-refractivity contribution < 1.29 is 22.5 Å². The van der Waals surface area contributed by atoms with Gasteiger partial charge < -0.3 is 4.52 Å². The molecule has 0 aliphatic heterocycles. The Morgan fingerprint density at radius 3 is 2.83 bits per heavy atom. The molecule has 3 rings (SSSR count). The zero-order valence-electron chi connectivity index (χ0n) is 12.4. The van der Waals surface area contributed by atoms with Crippen LogP contribution in [0, 0.1) is 0 Å². The summed E-state index contributed by atoms with van der Waals surface area (Å²) in [5.74, 6) is -1.48. The van der Waals surface area contributed by atoms with E-state index in [1.54, 1.807) is 29.9 Å². The van der Waals surface area contributed by atoms with Crippen molar-refractivity contribution >= 4 is 17.1 Å². The average Bonchev–Trinajstić information content (AvgIpc) is 3.25. The van der Waals surface area contributed by atoms with Crippen LogP contribution in [0.2, 0.25) is 0 Å². The van der Waals surface area contributed by atoms with Gasteiger partial charge in [-0.3, -0.25) is 9.48 Å². The van der Waals surface area contributed by atoms with Crippen LogP contribution in [0.5, 0.6) is 0 Å². The molecule has 0 fully saturated rings. The lowest BCUT2D eigenvalue weighted by Gasteiger charge is -1.97. The molecule has 0 aromatic carbocycles. The highest BCUT2D eigenvalue weighted by molar-refractivity contribution is 7.15. The molecule has 0 atom stereocenters. The molecule has 0 saturated carbocycles. The first-order valence-electron chi connectivity index (χ1n) is 6.92. The standard InChI is InChI=1S/C14H11F3N4O2S/c1-2-10(22)8-5-18-21(6-8)7-9-3-4-11(24-9)12-19-13(23-20-12)14(15,16)17/h3-6H,2,7H2,1H3. The first-order valence-corrected chi connectivity index (χ1v) is 7.74. The molecule has 24 heavy (non-hydrogen) atoms. The molecular formula is C14H11F3N4O2S. The SMILES string of the molecule is CCC(=O)c1cnn(Cc2ccc(-c3noc(C(F)(F)F)n3)s2)c1. The van der Waals surface area contributed by atoms with Crippen molar-refractivity contribution in [3.63, 3.8) is 0 Å². The van der Waals surface area contributed by atoms with Gasteiger partial charge in [0.05, 0.1) is 23.2 Å². The first-order chi connectivity index (χ1) is 11.4. The molecule has 0 amide bonds. The van der Waals surface area contributed by atoms with Crippen molar-refractivity contribution in [3.8, 4) is 10.7 Å². The van der Waals surface area contributed by atoms with Gasteiger partial charge in [-0.05, 0) is 12.1 Å². The van der Waals surface area contributed by atoms with E-state index in [0.717, 1.165) is 4.88 Å². The third kappa shape index (κ3) is 3.37. The molecular weight excluding hydrogens is 345 g/mol. The van der Waals surface area contributed by atoms with E-state index >= 15 is 0 Å². The second kappa shape index (κ2) is 6.19. The van der Waals surface area contributed by atoms with Gasteiger partial charge in [-0.25, -0.2) is 0 Å². The predicted octanol–water partition coefficient (Wildman–Crippen LogP) is 3.65. The minimum Gasteiger partial charge on any atom is -0.329 e. The number of thiophene rings is 1. The van der Waals surface area contributed by atoms with E-state index < -0.39 is 12.1 Å². The predicted molar refractivity (Wildman–Crippen MR) is 78.6 cm³/mol. The lowest BCUT2D eigenvalue weighted by Crippen LogP contribution is -2.04. The fourth-order valence-electron chi connectivity index (χ4n) is 1.98. The Labute approximate surface area is 137 Å². The number of rotatable bonds is 5. The number of ketones is 1. The largest absolute Gasteiger partial charge is 0.471 e. The molecule has 3 heterocycles. The fourth-order valence-corrected chi connectivity index (χ4v) is 2.91. The summed E-state index contributed by atoms with van der Waals surface area (Å²) < 4.78 is 43.2. The summed E-state index contributed by atoms with van der Waals surface area (Å²) in [5.41, 5.74) is 0.530. The number of nitrogens with zero attached hydrogens (tertiary/aromatic N) is 4. The van der Waals surface area contributed by atoms with E-state index in [2.05, 4.69) is 19.8 Å². The summed E-state index contributed by atoms with van der Waals surface area (Å²) in [5, 5.41) is 7.45. The number of hydrogen-bond donors (Lipinski definition) is 0. The molecule has 6 nitrogen and oxygen atoms in total. The van der Waals surface area contributed by atoms with Gasteiger partial charge in [0.15, 0.2) is 5.78 Å². The molecule has 0 aliphatic rings. The number of carbonyl (C=O) groups excluding carboxylic acids is 1. The van der Waals surface area contributed by atoms with Gasteiger partial charge >= 0.3 is 12.1 Å². The minimum absolute atomic E-state index is 0.000374. The number of alkyl halides is 3. The highest BCUT2D eigenvalue weighted by Crippen LogP contribution is 2.31. The van der Waals surface area contributed by atoms with Crippen LogP contribution in [0.3, 0.4) is 0 Å². The van der Waals surface area contributed by atoms with Gasteiger partial charge in [-0.1, -0.05) is 12.1 Å². The van der Waals surface area contributed by atoms with Crippen LogP contribution >= 0.6 is 11.3 Å². The average molecular weight is 356 g/mol. The normalized spacial score (nSPS) is 11.8. The topological polar surface area (TPSA) is 73.8 Å². The van der Waals surface area contributed by atoms with Gasteiger partial charge in [0, 0.05) is 17.5 Å². The highest BCUT2D eigenvalue weighted by atomic mass is 32.1. The van der Waals surface area contributed by atoms with Crippen LogP contribution in [-0.4, -0.2) is 25.7 Å². The minimum atomic E-state index is -4.66. The molecule has 3 aromatic rings. The molecule has 0 saturated heterocycles. The second-order valence-corrected chi connectivity index (χ2v) is 6.06. The summed E-state index contributed by atoms with van der Waals surface area (Å²) in [6, 6.07) is 3.36. The van der Waals surface area contributed by atoms with Crippen LogP contribution in [-0.2, 0) is 12.7 Å². The number of halogens is 3. The molecule has 0 N–H and O–H groups in total. The maximum absolute atomic E-state index is 12.5. The van der Waals surface area contributed by atoms with Crippen LogP contribution in [0.4, 0.5) is 13.2 Å². The molecule has 0 bridgehead atoms. The van der Waals surface area contributed by atoms with Gasteiger partial charge in [0.2, 0.25) is 5.82 Å². The van der Waals surface area contributed by atoms with Gasteiger partial charge in [-0.2, -0.15) is 23.3 Å². The van der Waals surface area contributed by atoms with Crippen LogP contribution in [0.1, 0.15) is 34.5 Å². The zero-order chi connectivity index (χ0) is 17.3. The molecule has 126 valence electrons. The van der Waals surface area contributed by atoms with Crippen molar-refractivity contribution in [2.24, 2.45) is 0 Å². The smallest absolute Gasteiger partial charge is 0.329 e. The highest BCUT2D eigenvalue weighted by Gasteiger charge is 2.38. The summed E-state index contributed by atoms with van der Waals surface area (Å²) in [4.78, 5) is 16.2. The monoisotopic (exact) mass is 356 g/mol. The van der Waals surface area contributed by atoms with Crippen molar-refractivity contribution in [1.29, 1.82) is 0 Å². The number of carbonyl (C=O) groups is 1. The Bertz CT molecular complexity index is 865. The van der Waals surface area contributed by atoms with Crippen LogP contribution in [0.15, 0.2) is 29.0 Å². The third-order valence-corrected chi connectivity index (χ3v) is 4.21. The van der Waals surface area contributed by atoms with Crippen LogP contribution < -0.4 is 0 Å². The van der Waals surface area contributed by atoms with Crippen molar-refractivity contribution in [3.05, 3.63) is 40.9 Å². The van der Waals surface area contributed by atoms with Gasteiger partial charge in [-0.15, -0.1) is 11.3 Å². The lowest BCUT2D eigenvalue weighted by molar-refractivity contribution is -0.159. The maximum Gasteiger partial charge on any atom is 0.471 e. The van der Waals surface area contributed by atoms with E-state index in [-0.39, 0.29) is 11.6 Å². The Hall–Kier alpha value is -2.49. The van der Waals surface area contributed by atoms with Crippen LogP contribution in [0.25, 0.3) is 10.7 Å². The Morgan fingerprint density at radius 2 is 2.17 bits per heavy atom.